The van der Waals surface area contributed by atoms with Crippen molar-refractivity contribution in [3.8, 4) is 0 Å². The second kappa shape index (κ2) is 4.67. The number of guanidine groups is 1. The molecule has 0 spiro atoms. The normalized spacial score (nSPS) is 11.1. The van der Waals surface area contributed by atoms with E-state index in [4.69, 9.17) is 21.0 Å². The maximum atomic E-state index is 8.94. The van der Waals surface area contributed by atoms with Crippen LogP contribution in [0.3, 0.4) is 0 Å². The summed E-state index contributed by atoms with van der Waals surface area (Å²) in [6.45, 7) is -0.119. The predicted octanol–water partition coefficient (Wildman–Crippen LogP) is 0.532. The van der Waals surface area contributed by atoms with Crippen LogP contribution in [0.4, 0.5) is 0 Å². The molecule has 0 saturated heterocycles. The van der Waals surface area contributed by atoms with E-state index in [9.17, 15) is 0 Å². The Morgan fingerprint density at radius 1 is 1.35 bits per heavy atom. The third-order valence-corrected chi connectivity index (χ3v) is 2.13. The molecule has 88 valence electrons. The third-order valence-electron chi connectivity index (χ3n) is 2.13. The van der Waals surface area contributed by atoms with E-state index >= 15 is 0 Å². The highest BCUT2D eigenvalue weighted by Crippen LogP contribution is 2.20. The molecule has 2 rings (SSSR count). The Labute approximate surface area is 97.2 Å². The van der Waals surface area contributed by atoms with E-state index in [1.54, 1.807) is 12.1 Å². The Hall–Kier alpha value is -2.34. The van der Waals surface area contributed by atoms with Crippen LogP contribution < -0.4 is 11.5 Å². The molecule has 0 atom stereocenters. The van der Waals surface area contributed by atoms with Crippen molar-refractivity contribution >= 4 is 23.1 Å². The van der Waals surface area contributed by atoms with E-state index in [2.05, 4.69) is 10.2 Å². The van der Waals surface area contributed by atoms with Crippen molar-refractivity contribution in [2.45, 2.75) is 6.61 Å². The van der Waals surface area contributed by atoms with Gasteiger partial charge in [-0.05, 0) is 29.8 Å². The zero-order chi connectivity index (χ0) is 12.3. The molecule has 0 radical (unpaired) electrons. The van der Waals surface area contributed by atoms with Crippen LogP contribution in [0, 0.1) is 0 Å². The van der Waals surface area contributed by atoms with Gasteiger partial charge < -0.3 is 21.0 Å². The summed E-state index contributed by atoms with van der Waals surface area (Å²) in [4.78, 5) is 0. The maximum absolute atomic E-state index is 8.94. The van der Waals surface area contributed by atoms with Crippen molar-refractivity contribution in [3.63, 3.8) is 0 Å². The Morgan fingerprint density at radius 2 is 2.18 bits per heavy atom. The minimum Gasteiger partial charge on any atom is -0.459 e. The summed E-state index contributed by atoms with van der Waals surface area (Å²) >= 11 is 0. The van der Waals surface area contributed by atoms with Crippen molar-refractivity contribution in [1.29, 1.82) is 0 Å². The second-order valence-electron chi connectivity index (χ2n) is 3.44. The lowest BCUT2D eigenvalue weighted by Gasteiger charge is -1.91. The number of nitrogens with zero attached hydrogens (tertiary/aromatic N) is 2. The first kappa shape index (κ1) is 11.2. The Balaban J connectivity index is 2.31. The van der Waals surface area contributed by atoms with Crippen molar-refractivity contribution in [1.82, 2.24) is 0 Å². The molecule has 0 saturated carbocycles. The molecule has 0 unspecified atom stereocenters. The van der Waals surface area contributed by atoms with Crippen LogP contribution in [-0.2, 0) is 6.61 Å². The molecule has 1 aromatic heterocycles. The van der Waals surface area contributed by atoms with E-state index in [-0.39, 0.29) is 12.6 Å². The summed E-state index contributed by atoms with van der Waals surface area (Å²) in [6, 6.07) is 7.25. The van der Waals surface area contributed by atoms with Gasteiger partial charge in [-0.2, -0.15) is 5.10 Å². The number of rotatable bonds is 3. The number of fused-ring (bicyclic) bond motifs is 1. The molecule has 1 aromatic carbocycles. The number of nitrogens with two attached hydrogens (primary N) is 2. The van der Waals surface area contributed by atoms with Gasteiger partial charge in [-0.15, -0.1) is 5.10 Å². The summed E-state index contributed by atoms with van der Waals surface area (Å²) in [6.07, 6.45) is 1.53. The highest BCUT2D eigenvalue weighted by atomic mass is 16.4. The smallest absolute Gasteiger partial charge is 0.211 e. The monoisotopic (exact) mass is 232 g/mol. The highest BCUT2D eigenvalue weighted by molar-refractivity contribution is 5.88. The number of aliphatic hydroxyl groups excluding tert-OH is 1. The van der Waals surface area contributed by atoms with Crippen molar-refractivity contribution in [3.05, 3.63) is 35.6 Å². The van der Waals surface area contributed by atoms with Gasteiger partial charge in [-0.3, -0.25) is 0 Å². The Kier molecular flexibility index (Phi) is 3.06. The van der Waals surface area contributed by atoms with Crippen LogP contribution in [-0.4, -0.2) is 17.3 Å². The summed E-state index contributed by atoms with van der Waals surface area (Å²) in [7, 11) is 0. The van der Waals surface area contributed by atoms with E-state index in [0.29, 0.717) is 11.3 Å². The van der Waals surface area contributed by atoms with Crippen molar-refractivity contribution in [2.24, 2.45) is 21.7 Å². The van der Waals surface area contributed by atoms with Crippen LogP contribution >= 0.6 is 0 Å². The molecule has 0 amide bonds. The summed E-state index contributed by atoms with van der Waals surface area (Å²) in [5.74, 6) is 0.437. The summed E-state index contributed by atoms with van der Waals surface area (Å²) in [5, 5.41) is 17.0. The second-order valence-corrected chi connectivity index (χ2v) is 3.44. The lowest BCUT2D eigenvalue weighted by Crippen LogP contribution is -2.21. The molecule has 0 fully saturated rings. The first-order valence-electron chi connectivity index (χ1n) is 4.94. The van der Waals surface area contributed by atoms with Gasteiger partial charge in [-0.1, -0.05) is 0 Å². The molecule has 1 heterocycles. The number of hydrogen-bond donors (Lipinski definition) is 3. The van der Waals surface area contributed by atoms with Crippen LogP contribution in [0.1, 0.15) is 11.3 Å². The number of benzene rings is 1. The minimum atomic E-state index is -0.119. The molecule has 6 nitrogen and oxygen atoms in total. The number of aliphatic hydroxyl groups is 1. The highest BCUT2D eigenvalue weighted by Gasteiger charge is 2.02. The van der Waals surface area contributed by atoms with Gasteiger partial charge >= 0.3 is 0 Å². The van der Waals surface area contributed by atoms with Crippen LogP contribution in [0.25, 0.3) is 11.0 Å². The third kappa shape index (κ3) is 2.61. The molecule has 2 aromatic rings. The number of hydrogen-bond acceptors (Lipinski definition) is 4. The Bertz CT molecular complexity index is 582. The fourth-order valence-corrected chi connectivity index (χ4v) is 1.44. The van der Waals surface area contributed by atoms with Crippen LogP contribution in [0.5, 0.6) is 0 Å². The largest absolute Gasteiger partial charge is 0.459 e. The zero-order valence-electron chi connectivity index (χ0n) is 9.00. The molecule has 0 bridgehead atoms. The van der Waals surface area contributed by atoms with Crippen LogP contribution in [0.15, 0.2) is 38.9 Å². The predicted molar refractivity (Wildman–Crippen MR) is 65.5 cm³/mol. The SMILES string of the molecule is NC(N)=NN=Cc1ccc2oc(CO)cc2c1. The Morgan fingerprint density at radius 3 is 2.88 bits per heavy atom. The minimum absolute atomic E-state index is 0.0896. The van der Waals surface area contributed by atoms with Gasteiger partial charge in [0.25, 0.3) is 0 Å². The maximum Gasteiger partial charge on any atom is 0.211 e. The van der Waals surface area contributed by atoms with Crippen LogP contribution in [0.2, 0.25) is 0 Å². The fourth-order valence-electron chi connectivity index (χ4n) is 1.44. The average molecular weight is 232 g/mol. The molecule has 5 N–H and O–H groups in total. The lowest BCUT2D eigenvalue weighted by molar-refractivity contribution is 0.251. The summed E-state index contributed by atoms with van der Waals surface area (Å²) < 4.78 is 5.35. The van der Waals surface area contributed by atoms with Gasteiger partial charge in [-0.25, -0.2) is 0 Å². The number of furan rings is 1. The topological polar surface area (TPSA) is 110 Å². The molecule has 0 aliphatic heterocycles. The van der Waals surface area contributed by atoms with E-state index in [0.717, 1.165) is 10.9 Å². The zero-order valence-corrected chi connectivity index (χ0v) is 9.00. The first-order valence-corrected chi connectivity index (χ1v) is 4.94. The molecule has 0 aliphatic rings. The van der Waals surface area contributed by atoms with E-state index in [1.165, 1.54) is 6.21 Å². The van der Waals surface area contributed by atoms with Gasteiger partial charge in [0.15, 0.2) is 0 Å². The summed E-state index contributed by atoms with van der Waals surface area (Å²) in [5.41, 5.74) is 11.8. The van der Waals surface area contributed by atoms with Crippen molar-refractivity contribution in [2.75, 3.05) is 0 Å². The molecular formula is C11H12N4O2. The average Bonchev–Trinajstić information content (AvgIpc) is 2.70. The van der Waals surface area contributed by atoms with Gasteiger partial charge in [0.05, 0.1) is 6.21 Å². The lowest BCUT2D eigenvalue weighted by atomic mass is 10.2. The molecule has 0 aliphatic carbocycles. The van der Waals surface area contributed by atoms with E-state index < -0.39 is 0 Å². The first-order chi connectivity index (χ1) is 8.19. The molecule has 17 heavy (non-hydrogen) atoms. The van der Waals surface area contributed by atoms with Gasteiger partial charge in [0, 0.05) is 5.39 Å². The van der Waals surface area contributed by atoms with Crippen molar-refractivity contribution < 1.29 is 9.52 Å². The van der Waals surface area contributed by atoms with E-state index in [1.807, 2.05) is 12.1 Å². The quantitative estimate of drug-likeness (QED) is 0.407. The van der Waals surface area contributed by atoms with Gasteiger partial charge in [0.1, 0.15) is 18.0 Å². The molecular weight excluding hydrogens is 220 g/mol. The van der Waals surface area contributed by atoms with Gasteiger partial charge in [0.2, 0.25) is 5.96 Å². The fraction of sp³-hybridized carbons (Fsp3) is 0.0909. The molecule has 6 heteroatoms. The standard InChI is InChI=1S/C11H12N4O2/c12-11(13)15-14-5-7-1-2-10-8(3-7)4-9(6-16)17-10/h1-5,16H,6H2,(H4,12,13,15).